The molecule has 2 saturated heterocycles. The smallest absolute Gasteiger partial charge is 0.117 e. The maximum Gasteiger partial charge on any atom is 0.117 e. The van der Waals surface area contributed by atoms with E-state index in [1.54, 1.807) is 0 Å². The Bertz CT molecular complexity index is 468. The summed E-state index contributed by atoms with van der Waals surface area (Å²) in [5.41, 5.74) is 0.920. The molecule has 3 heterocycles. The molecule has 0 aromatic carbocycles. The summed E-state index contributed by atoms with van der Waals surface area (Å²) in [5, 5.41) is 0. The van der Waals surface area contributed by atoms with Gasteiger partial charge in [-0.1, -0.05) is 6.07 Å². The van der Waals surface area contributed by atoms with E-state index in [1.807, 2.05) is 18.3 Å². The lowest BCUT2D eigenvalue weighted by molar-refractivity contribution is -0.144. The lowest BCUT2D eigenvalue weighted by Gasteiger charge is -2.44. The molecule has 122 valence electrons. The molecule has 2 aliphatic rings. The predicted octanol–water partition coefficient (Wildman–Crippen LogP) is 1.39. The van der Waals surface area contributed by atoms with E-state index in [0.29, 0.717) is 12.6 Å². The summed E-state index contributed by atoms with van der Waals surface area (Å²) in [5.74, 6) is 0. The molecule has 1 atom stereocenters. The first-order valence-corrected chi connectivity index (χ1v) is 8.25. The van der Waals surface area contributed by atoms with Crippen molar-refractivity contribution in [3.05, 3.63) is 30.1 Å². The Morgan fingerprint density at radius 2 is 2.14 bits per heavy atom. The van der Waals surface area contributed by atoms with Gasteiger partial charge in [-0.05, 0) is 26.0 Å². The highest BCUT2D eigenvalue weighted by Crippen LogP contribution is 2.24. The van der Waals surface area contributed by atoms with E-state index in [0.717, 1.165) is 51.6 Å². The molecule has 0 amide bonds. The Balaban J connectivity index is 1.68. The predicted molar refractivity (Wildman–Crippen MR) is 85.7 cm³/mol. The van der Waals surface area contributed by atoms with Crippen LogP contribution in [0.1, 0.15) is 19.5 Å². The van der Waals surface area contributed by atoms with Crippen LogP contribution >= 0.6 is 0 Å². The first kappa shape index (κ1) is 15.9. The molecule has 2 fully saturated rings. The molecule has 0 radical (unpaired) electrons. The Labute approximate surface area is 133 Å². The molecule has 22 heavy (non-hydrogen) atoms. The molecule has 2 aliphatic heterocycles. The summed E-state index contributed by atoms with van der Waals surface area (Å²) >= 11 is 0. The van der Waals surface area contributed by atoms with Crippen LogP contribution in [0.4, 0.5) is 0 Å². The largest absolute Gasteiger partial charge is 0.377 e. The second kappa shape index (κ2) is 7.04. The van der Waals surface area contributed by atoms with Crippen LogP contribution < -0.4 is 0 Å². The van der Waals surface area contributed by atoms with Gasteiger partial charge in [-0.2, -0.15) is 0 Å². The van der Waals surface area contributed by atoms with Crippen LogP contribution in [0.5, 0.6) is 0 Å². The molecule has 5 nitrogen and oxygen atoms in total. The molecule has 0 saturated carbocycles. The van der Waals surface area contributed by atoms with Gasteiger partial charge in [0.25, 0.3) is 0 Å². The third kappa shape index (κ3) is 3.84. The Hall–Kier alpha value is -1.01. The minimum absolute atomic E-state index is 0.201. The summed E-state index contributed by atoms with van der Waals surface area (Å²) in [6.45, 7) is 11.4. The van der Waals surface area contributed by atoms with Gasteiger partial charge < -0.3 is 9.47 Å². The standard InChI is InChI=1S/C17H27N3O2/c1-15(2)20-8-9-21-14-17(13-20)12-19(7-10-22-17)11-16-5-3-4-6-18-16/h3-6,15H,7-14H2,1-2H3/t17-/m1/s1. The lowest BCUT2D eigenvalue weighted by Crippen LogP contribution is -2.59. The zero-order chi connectivity index (χ0) is 15.4. The highest BCUT2D eigenvalue weighted by atomic mass is 16.5. The molecular formula is C17H27N3O2. The number of ether oxygens (including phenoxy) is 2. The number of morpholine rings is 1. The van der Waals surface area contributed by atoms with E-state index in [2.05, 4.69) is 34.7 Å². The Morgan fingerprint density at radius 1 is 1.23 bits per heavy atom. The summed E-state index contributed by atoms with van der Waals surface area (Å²) in [6, 6.07) is 6.62. The lowest BCUT2D eigenvalue weighted by atomic mass is 10.0. The van der Waals surface area contributed by atoms with Gasteiger partial charge in [0.15, 0.2) is 0 Å². The summed E-state index contributed by atoms with van der Waals surface area (Å²) in [6.07, 6.45) is 1.86. The fraction of sp³-hybridized carbons (Fsp3) is 0.706. The van der Waals surface area contributed by atoms with Gasteiger partial charge >= 0.3 is 0 Å². The molecule has 1 spiro atoms. The second-order valence-corrected chi connectivity index (χ2v) is 6.68. The van der Waals surface area contributed by atoms with Crippen LogP contribution in [-0.2, 0) is 16.0 Å². The quantitative estimate of drug-likeness (QED) is 0.844. The summed E-state index contributed by atoms with van der Waals surface area (Å²) in [4.78, 5) is 9.36. The van der Waals surface area contributed by atoms with Gasteiger partial charge in [-0.25, -0.2) is 0 Å². The minimum Gasteiger partial charge on any atom is -0.377 e. The first-order chi connectivity index (χ1) is 10.7. The van der Waals surface area contributed by atoms with Crippen LogP contribution in [0.3, 0.4) is 0 Å². The maximum atomic E-state index is 6.21. The van der Waals surface area contributed by atoms with Crippen molar-refractivity contribution >= 4 is 0 Å². The first-order valence-electron chi connectivity index (χ1n) is 8.25. The third-order valence-corrected chi connectivity index (χ3v) is 4.55. The van der Waals surface area contributed by atoms with Gasteiger partial charge in [0, 0.05) is 45.0 Å². The summed E-state index contributed by atoms with van der Waals surface area (Å²) in [7, 11) is 0. The Morgan fingerprint density at radius 3 is 2.91 bits per heavy atom. The highest BCUT2D eigenvalue weighted by molar-refractivity contribution is 5.04. The number of hydrogen-bond acceptors (Lipinski definition) is 5. The molecule has 1 aromatic rings. The van der Waals surface area contributed by atoms with E-state index in [9.17, 15) is 0 Å². The van der Waals surface area contributed by atoms with Gasteiger partial charge in [-0.3, -0.25) is 14.8 Å². The number of hydrogen-bond donors (Lipinski definition) is 0. The molecule has 5 heteroatoms. The van der Waals surface area contributed by atoms with E-state index in [4.69, 9.17) is 9.47 Å². The average Bonchev–Trinajstić information content (AvgIpc) is 2.71. The van der Waals surface area contributed by atoms with Crippen LogP contribution in [0.25, 0.3) is 0 Å². The molecular weight excluding hydrogens is 278 g/mol. The van der Waals surface area contributed by atoms with Gasteiger partial charge in [0.05, 0.1) is 25.5 Å². The SMILES string of the molecule is CC(C)N1CCOC[C@@]2(CN(Cc3ccccn3)CCO2)C1. The fourth-order valence-electron chi connectivity index (χ4n) is 3.34. The number of pyridine rings is 1. The van der Waals surface area contributed by atoms with Gasteiger partial charge in [0.1, 0.15) is 5.60 Å². The van der Waals surface area contributed by atoms with Crippen LogP contribution in [0.2, 0.25) is 0 Å². The fourth-order valence-corrected chi connectivity index (χ4v) is 3.34. The minimum atomic E-state index is -0.201. The van der Waals surface area contributed by atoms with Crippen molar-refractivity contribution in [1.29, 1.82) is 0 Å². The van der Waals surface area contributed by atoms with Gasteiger partial charge in [-0.15, -0.1) is 0 Å². The molecule has 0 N–H and O–H groups in total. The monoisotopic (exact) mass is 305 g/mol. The van der Waals surface area contributed by atoms with Crippen molar-refractivity contribution in [3.63, 3.8) is 0 Å². The molecule has 3 rings (SSSR count). The molecule has 0 unspecified atom stereocenters. The number of aromatic nitrogens is 1. The van der Waals surface area contributed by atoms with E-state index in [-0.39, 0.29) is 5.60 Å². The molecule has 0 aliphatic carbocycles. The van der Waals surface area contributed by atoms with Crippen molar-refractivity contribution in [3.8, 4) is 0 Å². The van der Waals surface area contributed by atoms with Crippen molar-refractivity contribution in [2.24, 2.45) is 0 Å². The van der Waals surface area contributed by atoms with Gasteiger partial charge in [0.2, 0.25) is 0 Å². The van der Waals surface area contributed by atoms with Crippen LogP contribution in [0, 0.1) is 0 Å². The van der Waals surface area contributed by atoms with Crippen molar-refractivity contribution < 1.29 is 9.47 Å². The summed E-state index contributed by atoms with van der Waals surface area (Å²) < 4.78 is 12.1. The second-order valence-electron chi connectivity index (χ2n) is 6.68. The highest BCUT2D eigenvalue weighted by Gasteiger charge is 2.40. The van der Waals surface area contributed by atoms with E-state index in [1.165, 1.54) is 0 Å². The van der Waals surface area contributed by atoms with Crippen molar-refractivity contribution in [2.45, 2.75) is 32.0 Å². The van der Waals surface area contributed by atoms with E-state index >= 15 is 0 Å². The molecule has 1 aromatic heterocycles. The third-order valence-electron chi connectivity index (χ3n) is 4.55. The normalized spacial score (nSPS) is 28.1. The van der Waals surface area contributed by atoms with Crippen molar-refractivity contribution in [1.82, 2.24) is 14.8 Å². The maximum absolute atomic E-state index is 6.21. The average molecular weight is 305 g/mol. The number of nitrogens with zero attached hydrogens (tertiary/aromatic N) is 3. The molecule has 0 bridgehead atoms. The number of rotatable bonds is 3. The Kier molecular flexibility index (Phi) is 5.08. The van der Waals surface area contributed by atoms with Crippen LogP contribution in [0.15, 0.2) is 24.4 Å². The topological polar surface area (TPSA) is 37.8 Å². The zero-order valence-corrected chi connectivity index (χ0v) is 13.7. The van der Waals surface area contributed by atoms with Crippen LogP contribution in [-0.4, -0.2) is 72.4 Å². The zero-order valence-electron chi connectivity index (χ0n) is 13.7. The van der Waals surface area contributed by atoms with E-state index < -0.39 is 0 Å². The van der Waals surface area contributed by atoms with Crippen molar-refractivity contribution in [2.75, 3.05) is 46.0 Å².